The van der Waals surface area contributed by atoms with E-state index in [-0.39, 0.29) is 11.7 Å². The van der Waals surface area contributed by atoms with Crippen LogP contribution in [0.15, 0.2) is 84.6 Å². The van der Waals surface area contributed by atoms with Crippen LogP contribution in [-0.2, 0) is 4.79 Å². The van der Waals surface area contributed by atoms with Crippen LogP contribution in [0.2, 0.25) is 0 Å². The van der Waals surface area contributed by atoms with Gasteiger partial charge < -0.3 is 21.1 Å². The van der Waals surface area contributed by atoms with Gasteiger partial charge in [0.15, 0.2) is 5.11 Å². The van der Waals surface area contributed by atoms with Crippen molar-refractivity contribution in [3.8, 4) is 5.75 Å². The van der Waals surface area contributed by atoms with Crippen LogP contribution >= 0.6 is 12.2 Å². The first-order valence-electron chi connectivity index (χ1n) is 9.00. The van der Waals surface area contributed by atoms with Crippen LogP contribution in [0.3, 0.4) is 0 Å². The largest absolute Gasteiger partial charge is 0.508 e. The maximum atomic E-state index is 13.3. The minimum atomic E-state index is -0.547. The molecule has 0 bridgehead atoms. The molecule has 2 heterocycles. The van der Waals surface area contributed by atoms with Crippen molar-refractivity contribution in [1.29, 1.82) is 0 Å². The summed E-state index contributed by atoms with van der Waals surface area (Å²) in [5.41, 5.74) is 2.60. The Bertz CT molecular complexity index is 1080. The molecule has 0 saturated carbocycles. The van der Waals surface area contributed by atoms with E-state index in [1.165, 1.54) is 0 Å². The molecular weight excluding hydrogens is 384 g/mol. The number of benzene rings is 2. The number of carbonyl (C=O) groups is 1. The van der Waals surface area contributed by atoms with E-state index in [0.29, 0.717) is 27.8 Å². The molecule has 0 spiro atoms. The Kier molecular flexibility index (Phi) is 5.22. The Hall–Kier alpha value is -3.71. The van der Waals surface area contributed by atoms with Gasteiger partial charge in [0.2, 0.25) is 0 Å². The van der Waals surface area contributed by atoms with Gasteiger partial charge in [-0.1, -0.05) is 48.5 Å². The Morgan fingerprint density at radius 2 is 1.83 bits per heavy atom. The molecular formula is C22H18N4O2S. The van der Waals surface area contributed by atoms with Gasteiger partial charge in [0.1, 0.15) is 11.6 Å². The smallest absolute Gasteiger partial charge is 0.257 e. The number of aromatic hydroxyl groups is 1. The number of phenolic OH excluding ortho intramolecular Hbond substituents is 1. The highest BCUT2D eigenvalue weighted by Crippen LogP contribution is 2.33. The van der Waals surface area contributed by atoms with E-state index in [4.69, 9.17) is 12.2 Å². The monoisotopic (exact) mass is 402 g/mol. The van der Waals surface area contributed by atoms with Crippen molar-refractivity contribution in [3.63, 3.8) is 0 Å². The zero-order valence-corrected chi connectivity index (χ0v) is 16.1. The van der Waals surface area contributed by atoms with Crippen LogP contribution in [0.5, 0.6) is 5.75 Å². The summed E-state index contributed by atoms with van der Waals surface area (Å²) in [5.74, 6) is 0.234. The number of carbonyl (C=O) groups excluding carboxylic acids is 1. The number of hydrogen-bond donors (Lipinski definition) is 4. The molecule has 2 aromatic carbocycles. The normalized spacial score (nSPS) is 16.0. The number of aromatic nitrogens is 1. The minimum Gasteiger partial charge on any atom is -0.508 e. The summed E-state index contributed by atoms with van der Waals surface area (Å²) < 4.78 is 0. The highest BCUT2D eigenvalue weighted by atomic mass is 32.1. The van der Waals surface area contributed by atoms with Gasteiger partial charge in [0.25, 0.3) is 5.91 Å². The van der Waals surface area contributed by atoms with Crippen LogP contribution in [0.1, 0.15) is 17.2 Å². The predicted molar refractivity (Wildman–Crippen MR) is 116 cm³/mol. The van der Waals surface area contributed by atoms with Gasteiger partial charge >= 0.3 is 0 Å². The maximum Gasteiger partial charge on any atom is 0.257 e. The van der Waals surface area contributed by atoms with Crippen molar-refractivity contribution in [1.82, 2.24) is 15.6 Å². The van der Waals surface area contributed by atoms with Gasteiger partial charge in [0.05, 0.1) is 17.3 Å². The van der Waals surface area contributed by atoms with Crippen molar-refractivity contribution in [2.75, 3.05) is 5.32 Å². The lowest BCUT2D eigenvalue weighted by Gasteiger charge is -2.31. The SMILES string of the molecule is O=C(Nc1ccccn1)C1=C(c2ccccc2)NC(=S)NC1c1cccc(O)c1. The lowest BCUT2D eigenvalue weighted by Crippen LogP contribution is -2.45. The molecule has 0 radical (unpaired) electrons. The number of thiocarbonyl (C=S) groups is 1. The van der Waals surface area contributed by atoms with Gasteiger partial charge in [0, 0.05) is 6.20 Å². The second-order valence-electron chi connectivity index (χ2n) is 6.45. The number of phenols is 1. The molecule has 0 fully saturated rings. The molecule has 3 aromatic rings. The van der Waals surface area contributed by atoms with Crippen molar-refractivity contribution < 1.29 is 9.90 Å². The van der Waals surface area contributed by atoms with Crippen molar-refractivity contribution in [2.24, 2.45) is 0 Å². The Morgan fingerprint density at radius 1 is 1.03 bits per heavy atom. The van der Waals surface area contributed by atoms with Crippen LogP contribution < -0.4 is 16.0 Å². The molecule has 1 aromatic heterocycles. The molecule has 4 rings (SSSR count). The van der Waals surface area contributed by atoms with Gasteiger partial charge in [-0.25, -0.2) is 4.98 Å². The van der Waals surface area contributed by atoms with Crippen molar-refractivity contribution >= 4 is 34.8 Å². The molecule has 0 aliphatic carbocycles. The molecule has 4 N–H and O–H groups in total. The second kappa shape index (κ2) is 8.12. The number of nitrogens with one attached hydrogen (secondary N) is 3. The number of amides is 1. The maximum absolute atomic E-state index is 13.3. The van der Waals surface area contributed by atoms with Crippen LogP contribution in [0.25, 0.3) is 5.70 Å². The molecule has 0 saturated heterocycles. The zero-order chi connectivity index (χ0) is 20.2. The van der Waals surface area contributed by atoms with E-state index < -0.39 is 6.04 Å². The third-order valence-corrected chi connectivity index (χ3v) is 4.71. The summed E-state index contributed by atoms with van der Waals surface area (Å²) in [6.07, 6.45) is 1.61. The molecule has 1 unspecified atom stereocenters. The highest BCUT2D eigenvalue weighted by molar-refractivity contribution is 7.80. The Balaban J connectivity index is 1.85. The van der Waals surface area contributed by atoms with E-state index in [1.54, 1.807) is 42.6 Å². The second-order valence-corrected chi connectivity index (χ2v) is 6.86. The number of hydrogen-bond acceptors (Lipinski definition) is 4. The van der Waals surface area contributed by atoms with Gasteiger partial charge in [-0.2, -0.15) is 0 Å². The first kappa shape index (κ1) is 18.6. The van der Waals surface area contributed by atoms with Gasteiger partial charge in [-0.05, 0) is 47.6 Å². The van der Waals surface area contributed by atoms with E-state index in [0.717, 1.165) is 5.56 Å². The molecule has 1 aliphatic heterocycles. The quantitative estimate of drug-likeness (QED) is 0.501. The fraction of sp³-hybridized carbons (Fsp3) is 0.0455. The molecule has 1 amide bonds. The van der Waals surface area contributed by atoms with Crippen molar-refractivity contribution in [2.45, 2.75) is 6.04 Å². The average molecular weight is 402 g/mol. The van der Waals surface area contributed by atoms with E-state index in [2.05, 4.69) is 20.9 Å². The lowest BCUT2D eigenvalue weighted by molar-refractivity contribution is -0.113. The minimum absolute atomic E-state index is 0.111. The van der Waals surface area contributed by atoms with Crippen LogP contribution in [-0.4, -0.2) is 21.1 Å². The molecule has 1 aliphatic rings. The molecule has 29 heavy (non-hydrogen) atoms. The topological polar surface area (TPSA) is 86.3 Å². The summed E-state index contributed by atoms with van der Waals surface area (Å²) in [5, 5.41) is 19.5. The third-order valence-electron chi connectivity index (χ3n) is 4.49. The third kappa shape index (κ3) is 4.09. The fourth-order valence-corrected chi connectivity index (χ4v) is 3.44. The Labute approximate surface area is 173 Å². The van der Waals surface area contributed by atoms with Gasteiger partial charge in [-0.15, -0.1) is 0 Å². The summed E-state index contributed by atoms with van der Waals surface area (Å²) in [4.78, 5) is 17.5. The predicted octanol–water partition coefficient (Wildman–Crippen LogP) is 3.36. The molecule has 144 valence electrons. The average Bonchev–Trinajstić information content (AvgIpc) is 2.74. The molecule has 6 nitrogen and oxygen atoms in total. The highest BCUT2D eigenvalue weighted by Gasteiger charge is 2.32. The first-order chi connectivity index (χ1) is 14.1. The van der Waals surface area contributed by atoms with Crippen LogP contribution in [0, 0.1) is 0 Å². The van der Waals surface area contributed by atoms with E-state index in [1.807, 2.05) is 36.4 Å². The number of nitrogens with zero attached hydrogens (tertiary/aromatic N) is 1. The van der Waals surface area contributed by atoms with E-state index in [9.17, 15) is 9.90 Å². The lowest BCUT2D eigenvalue weighted by atomic mass is 9.92. The number of rotatable bonds is 4. The fourth-order valence-electron chi connectivity index (χ4n) is 3.22. The van der Waals surface area contributed by atoms with Gasteiger partial charge in [-0.3, -0.25) is 4.79 Å². The number of anilines is 1. The standard InChI is InChI=1S/C22H18N4O2S/c27-16-10-6-9-15(13-16)20-18(21(28)24-17-11-4-5-12-23-17)19(25-22(29)26-20)14-7-2-1-3-8-14/h1-13,20,27H,(H,23,24,28)(H2,25,26,29). The number of pyridine rings is 1. The zero-order valence-electron chi connectivity index (χ0n) is 15.3. The van der Waals surface area contributed by atoms with Crippen molar-refractivity contribution in [3.05, 3.63) is 95.7 Å². The van der Waals surface area contributed by atoms with Crippen LogP contribution in [0.4, 0.5) is 5.82 Å². The summed E-state index contributed by atoms with van der Waals surface area (Å²) in [6.45, 7) is 0. The Morgan fingerprint density at radius 3 is 2.55 bits per heavy atom. The summed E-state index contributed by atoms with van der Waals surface area (Å²) in [6, 6.07) is 21.0. The first-order valence-corrected chi connectivity index (χ1v) is 9.41. The molecule has 1 atom stereocenters. The summed E-state index contributed by atoms with van der Waals surface area (Å²) in [7, 11) is 0. The van der Waals surface area contributed by atoms with E-state index >= 15 is 0 Å². The molecule has 7 heteroatoms. The summed E-state index contributed by atoms with van der Waals surface area (Å²) >= 11 is 5.40.